The average Bonchev–Trinajstić information content (AvgIpc) is 2.61. The van der Waals surface area contributed by atoms with Crippen LogP contribution in [-0.4, -0.2) is 15.4 Å². The number of pyridine rings is 1. The van der Waals surface area contributed by atoms with Crippen molar-refractivity contribution in [2.45, 2.75) is 20.5 Å². The van der Waals surface area contributed by atoms with Crippen LogP contribution in [0.2, 0.25) is 5.02 Å². The van der Waals surface area contributed by atoms with Crippen LogP contribution in [0.5, 0.6) is 0 Å². The molecule has 0 aliphatic carbocycles. The van der Waals surface area contributed by atoms with Gasteiger partial charge in [0, 0.05) is 13.1 Å². The molecule has 2 heterocycles. The predicted molar refractivity (Wildman–Crippen MR) is 102 cm³/mol. The highest BCUT2D eigenvalue weighted by molar-refractivity contribution is 6.30. The third kappa shape index (κ3) is 4.00. The third-order valence-electron chi connectivity index (χ3n) is 3.83. The number of carbonyl (C=O) groups excluding carboxylic acids is 1. The summed E-state index contributed by atoms with van der Waals surface area (Å²) in [5.41, 5.74) is 3.02. The first-order valence-electron chi connectivity index (χ1n) is 8.03. The Morgan fingerprint density at radius 3 is 2.62 bits per heavy atom. The fraction of sp³-hybridized carbons (Fsp3) is 0.150. The fourth-order valence-corrected chi connectivity index (χ4v) is 2.64. The molecule has 132 valence electrons. The number of benzene rings is 1. The quantitative estimate of drug-likeness (QED) is 0.655. The summed E-state index contributed by atoms with van der Waals surface area (Å²) >= 11 is 6.00. The van der Waals surface area contributed by atoms with Gasteiger partial charge in [0.2, 0.25) is 0 Å². The molecule has 3 aromatic rings. The molecule has 0 N–H and O–H groups in total. The van der Waals surface area contributed by atoms with Gasteiger partial charge in [0.1, 0.15) is 12.3 Å². The van der Waals surface area contributed by atoms with E-state index in [1.165, 1.54) is 17.5 Å². The van der Waals surface area contributed by atoms with Crippen molar-refractivity contribution in [1.29, 1.82) is 0 Å². The van der Waals surface area contributed by atoms with E-state index in [0.29, 0.717) is 21.9 Å². The van der Waals surface area contributed by atoms with E-state index in [4.69, 9.17) is 16.3 Å². The zero-order valence-electron chi connectivity index (χ0n) is 14.4. The molecule has 0 atom stereocenters. The number of rotatable bonds is 4. The molecule has 0 spiro atoms. The molecule has 2 aromatic heterocycles. The van der Waals surface area contributed by atoms with Gasteiger partial charge in [-0.1, -0.05) is 47.5 Å². The lowest BCUT2D eigenvalue weighted by Crippen LogP contribution is -2.21. The van der Waals surface area contributed by atoms with Crippen molar-refractivity contribution >= 4 is 35.4 Å². The maximum Gasteiger partial charge on any atom is 0.303 e. The first-order chi connectivity index (χ1) is 12.4. The Bertz CT molecular complexity index is 1050. The van der Waals surface area contributed by atoms with Crippen molar-refractivity contribution in [3.05, 3.63) is 80.4 Å². The van der Waals surface area contributed by atoms with E-state index in [9.17, 15) is 9.59 Å². The molecule has 1 aromatic carbocycles. The number of ether oxygens (including phenoxy) is 1. The standard InChI is InChI=1S/C20H17ClN2O3/c1-13-3-5-15(6-4-13)7-9-17-18(12-26-14(2)24)22-19-10-8-16(21)11-23(19)20(17)25/h3-11H,12H2,1-2H3/b9-7+. The predicted octanol–water partition coefficient (Wildman–Crippen LogP) is 3.89. The number of hydrogen-bond acceptors (Lipinski definition) is 4. The summed E-state index contributed by atoms with van der Waals surface area (Å²) in [6.45, 7) is 3.25. The summed E-state index contributed by atoms with van der Waals surface area (Å²) in [6, 6.07) is 11.2. The molecule has 0 aliphatic heterocycles. The minimum atomic E-state index is -0.434. The second-order valence-corrected chi connectivity index (χ2v) is 6.31. The Morgan fingerprint density at radius 1 is 1.19 bits per heavy atom. The summed E-state index contributed by atoms with van der Waals surface area (Å²) in [5, 5.41) is 0.433. The molecule has 3 rings (SSSR count). The van der Waals surface area contributed by atoms with Gasteiger partial charge in [0.15, 0.2) is 0 Å². The van der Waals surface area contributed by atoms with Gasteiger partial charge < -0.3 is 4.74 Å². The number of hydrogen-bond donors (Lipinski definition) is 0. The smallest absolute Gasteiger partial charge is 0.303 e. The molecule has 0 unspecified atom stereocenters. The van der Waals surface area contributed by atoms with E-state index in [2.05, 4.69) is 4.98 Å². The van der Waals surface area contributed by atoms with Crippen LogP contribution in [0, 0.1) is 6.92 Å². The molecule has 0 saturated heterocycles. The SMILES string of the molecule is CC(=O)OCc1nc2ccc(Cl)cn2c(=O)c1/C=C/c1ccc(C)cc1. The lowest BCUT2D eigenvalue weighted by molar-refractivity contribution is -0.142. The zero-order valence-corrected chi connectivity index (χ0v) is 15.2. The first-order valence-corrected chi connectivity index (χ1v) is 8.41. The lowest BCUT2D eigenvalue weighted by Gasteiger charge is -2.09. The van der Waals surface area contributed by atoms with Crippen molar-refractivity contribution < 1.29 is 9.53 Å². The minimum absolute atomic E-state index is 0.0722. The Balaban J connectivity index is 2.11. The van der Waals surface area contributed by atoms with Gasteiger partial charge in [0.25, 0.3) is 5.56 Å². The number of aryl methyl sites for hydroxylation is 1. The number of nitrogens with zero attached hydrogens (tertiary/aromatic N) is 2. The van der Waals surface area contributed by atoms with Gasteiger partial charge in [-0.3, -0.25) is 14.0 Å². The minimum Gasteiger partial charge on any atom is -0.459 e. The Hall–Kier alpha value is -2.92. The fourth-order valence-electron chi connectivity index (χ4n) is 2.48. The van der Waals surface area contributed by atoms with E-state index in [1.807, 2.05) is 37.3 Å². The molecule has 0 saturated carbocycles. The normalized spacial score (nSPS) is 11.2. The van der Waals surface area contributed by atoms with E-state index < -0.39 is 5.97 Å². The van der Waals surface area contributed by atoms with Gasteiger partial charge in [-0.25, -0.2) is 4.98 Å². The zero-order chi connectivity index (χ0) is 18.7. The van der Waals surface area contributed by atoms with E-state index >= 15 is 0 Å². The highest BCUT2D eigenvalue weighted by Crippen LogP contribution is 2.14. The molecule has 0 radical (unpaired) electrons. The van der Waals surface area contributed by atoms with Crippen LogP contribution >= 0.6 is 11.6 Å². The van der Waals surface area contributed by atoms with Crippen molar-refractivity contribution in [2.75, 3.05) is 0 Å². The number of aromatic nitrogens is 2. The van der Waals surface area contributed by atoms with E-state index in [0.717, 1.165) is 11.1 Å². The Kier molecular flexibility index (Phi) is 5.19. The first kappa shape index (κ1) is 17.9. The van der Waals surface area contributed by atoms with Gasteiger partial charge in [-0.15, -0.1) is 0 Å². The third-order valence-corrected chi connectivity index (χ3v) is 4.06. The molecule has 0 aliphatic rings. The number of carbonyl (C=O) groups is 1. The van der Waals surface area contributed by atoms with Crippen molar-refractivity contribution in [2.24, 2.45) is 0 Å². The summed E-state index contributed by atoms with van der Waals surface area (Å²) in [6.07, 6.45) is 5.03. The molecule has 5 nitrogen and oxygen atoms in total. The number of halogens is 1. The largest absolute Gasteiger partial charge is 0.459 e. The van der Waals surface area contributed by atoms with Crippen LogP contribution in [0.25, 0.3) is 17.8 Å². The van der Waals surface area contributed by atoms with Crippen LogP contribution in [0.1, 0.15) is 29.3 Å². The van der Waals surface area contributed by atoms with Crippen molar-refractivity contribution in [3.8, 4) is 0 Å². The lowest BCUT2D eigenvalue weighted by atomic mass is 10.1. The Morgan fingerprint density at radius 2 is 1.92 bits per heavy atom. The number of esters is 1. The monoisotopic (exact) mass is 368 g/mol. The van der Waals surface area contributed by atoms with Crippen LogP contribution in [-0.2, 0) is 16.1 Å². The molecular formula is C20H17ClN2O3. The maximum absolute atomic E-state index is 12.9. The van der Waals surface area contributed by atoms with E-state index in [-0.39, 0.29) is 12.2 Å². The van der Waals surface area contributed by atoms with Crippen molar-refractivity contribution in [1.82, 2.24) is 9.38 Å². The summed E-state index contributed by atoms with van der Waals surface area (Å²) in [7, 11) is 0. The highest BCUT2D eigenvalue weighted by atomic mass is 35.5. The summed E-state index contributed by atoms with van der Waals surface area (Å²) < 4.78 is 6.44. The van der Waals surface area contributed by atoms with Gasteiger partial charge in [-0.05, 0) is 30.7 Å². The van der Waals surface area contributed by atoms with Gasteiger partial charge in [-0.2, -0.15) is 0 Å². The molecule has 6 heteroatoms. The van der Waals surface area contributed by atoms with Crippen LogP contribution in [0.3, 0.4) is 0 Å². The molecule has 0 fully saturated rings. The Labute approximate surface area is 155 Å². The van der Waals surface area contributed by atoms with Crippen LogP contribution in [0.4, 0.5) is 0 Å². The second kappa shape index (κ2) is 7.54. The summed E-state index contributed by atoms with van der Waals surface area (Å²) in [5.74, 6) is -0.434. The maximum atomic E-state index is 12.9. The average molecular weight is 369 g/mol. The van der Waals surface area contributed by atoms with Gasteiger partial charge in [0.05, 0.1) is 16.3 Å². The van der Waals surface area contributed by atoms with Gasteiger partial charge >= 0.3 is 5.97 Å². The topological polar surface area (TPSA) is 60.7 Å². The van der Waals surface area contributed by atoms with E-state index in [1.54, 1.807) is 18.2 Å². The highest BCUT2D eigenvalue weighted by Gasteiger charge is 2.12. The molecule has 0 amide bonds. The second-order valence-electron chi connectivity index (χ2n) is 5.88. The van der Waals surface area contributed by atoms with Crippen molar-refractivity contribution in [3.63, 3.8) is 0 Å². The molecule has 0 bridgehead atoms. The molecule has 26 heavy (non-hydrogen) atoms. The van der Waals surface area contributed by atoms with Crippen LogP contribution in [0.15, 0.2) is 47.4 Å². The molecular weight excluding hydrogens is 352 g/mol. The van der Waals surface area contributed by atoms with Crippen LogP contribution < -0.4 is 5.56 Å². The number of fused-ring (bicyclic) bond motifs is 1. The summed E-state index contributed by atoms with van der Waals surface area (Å²) in [4.78, 5) is 28.5.